The summed E-state index contributed by atoms with van der Waals surface area (Å²) in [4.78, 5) is 16.7. The van der Waals surface area contributed by atoms with Crippen LogP contribution in [0.5, 0.6) is 0 Å². The number of rotatable bonds is 3. The standard InChI is InChI=1S/C20H19FN4O/c1-13-9-10-17(22-11-13)20(26)24-16-6-4-8-18-14(16)12-23-25(18)19-7-3-2-5-15(19)21/h2-3,5,7,9-12,16H,4,6,8H2,1H3,(H,24,26). The molecule has 6 heteroatoms. The fourth-order valence-corrected chi connectivity index (χ4v) is 3.37. The maximum absolute atomic E-state index is 14.1. The Morgan fingerprint density at radius 3 is 2.85 bits per heavy atom. The molecule has 0 saturated heterocycles. The molecule has 26 heavy (non-hydrogen) atoms. The highest BCUT2D eigenvalue weighted by molar-refractivity contribution is 5.92. The molecule has 1 amide bonds. The molecule has 0 aliphatic heterocycles. The molecule has 1 N–H and O–H groups in total. The first kappa shape index (κ1) is 16.4. The van der Waals surface area contributed by atoms with Crippen LogP contribution in [0.1, 0.15) is 46.2 Å². The highest BCUT2D eigenvalue weighted by Crippen LogP contribution is 2.31. The summed E-state index contributed by atoms with van der Waals surface area (Å²) in [6, 6.07) is 10.0. The molecule has 0 spiro atoms. The van der Waals surface area contributed by atoms with Crippen LogP contribution in [0.3, 0.4) is 0 Å². The Balaban J connectivity index is 1.61. The number of hydrogen-bond donors (Lipinski definition) is 1. The number of hydrogen-bond acceptors (Lipinski definition) is 3. The molecule has 0 bridgehead atoms. The second-order valence-electron chi connectivity index (χ2n) is 6.55. The van der Waals surface area contributed by atoms with Gasteiger partial charge in [0.25, 0.3) is 5.91 Å². The normalized spacial score (nSPS) is 16.2. The molecule has 0 fully saturated rings. The summed E-state index contributed by atoms with van der Waals surface area (Å²) < 4.78 is 15.8. The minimum Gasteiger partial charge on any atom is -0.344 e. The lowest BCUT2D eigenvalue weighted by molar-refractivity contribution is 0.0927. The predicted octanol–water partition coefficient (Wildman–Crippen LogP) is 3.52. The van der Waals surface area contributed by atoms with E-state index < -0.39 is 0 Å². The molecule has 3 aromatic rings. The van der Waals surface area contributed by atoms with E-state index in [0.29, 0.717) is 11.4 Å². The van der Waals surface area contributed by atoms with E-state index in [0.717, 1.165) is 36.1 Å². The van der Waals surface area contributed by atoms with Crippen LogP contribution in [0, 0.1) is 12.7 Å². The fourth-order valence-electron chi connectivity index (χ4n) is 3.37. The minimum absolute atomic E-state index is 0.144. The average Bonchev–Trinajstić information content (AvgIpc) is 3.07. The van der Waals surface area contributed by atoms with E-state index in [4.69, 9.17) is 0 Å². The molecule has 1 atom stereocenters. The molecular formula is C20H19FN4O. The van der Waals surface area contributed by atoms with E-state index in [9.17, 15) is 9.18 Å². The first-order valence-electron chi connectivity index (χ1n) is 8.68. The van der Waals surface area contributed by atoms with E-state index >= 15 is 0 Å². The molecule has 0 saturated carbocycles. The lowest BCUT2D eigenvalue weighted by atomic mass is 9.92. The van der Waals surface area contributed by atoms with Gasteiger partial charge in [-0.25, -0.2) is 9.07 Å². The smallest absolute Gasteiger partial charge is 0.270 e. The summed E-state index contributed by atoms with van der Waals surface area (Å²) in [6.45, 7) is 1.93. The zero-order valence-electron chi connectivity index (χ0n) is 14.4. The number of nitrogens with one attached hydrogen (secondary N) is 1. The number of aryl methyl sites for hydroxylation is 1. The van der Waals surface area contributed by atoms with Gasteiger partial charge in [-0.15, -0.1) is 0 Å². The van der Waals surface area contributed by atoms with Gasteiger partial charge < -0.3 is 5.32 Å². The van der Waals surface area contributed by atoms with E-state index in [1.165, 1.54) is 6.07 Å². The zero-order valence-corrected chi connectivity index (χ0v) is 14.4. The molecule has 1 aliphatic carbocycles. The van der Waals surface area contributed by atoms with Gasteiger partial charge in [0, 0.05) is 17.5 Å². The number of halogens is 1. The van der Waals surface area contributed by atoms with Gasteiger partial charge >= 0.3 is 0 Å². The van der Waals surface area contributed by atoms with Crippen LogP contribution in [0.4, 0.5) is 4.39 Å². The number of nitrogens with zero attached hydrogens (tertiary/aromatic N) is 3. The molecule has 132 valence electrons. The first-order valence-corrected chi connectivity index (χ1v) is 8.68. The highest BCUT2D eigenvalue weighted by Gasteiger charge is 2.27. The van der Waals surface area contributed by atoms with Crippen molar-refractivity contribution in [3.8, 4) is 5.69 Å². The Labute approximate surface area is 150 Å². The van der Waals surface area contributed by atoms with Gasteiger partial charge in [0.2, 0.25) is 0 Å². The van der Waals surface area contributed by atoms with Crippen molar-refractivity contribution >= 4 is 5.91 Å². The van der Waals surface area contributed by atoms with E-state index in [-0.39, 0.29) is 17.8 Å². The van der Waals surface area contributed by atoms with E-state index in [2.05, 4.69) is 15.4 Å². The predicted molar refractivity (Wildman–Crippen MR) is 95.6 cm³/mol. The van der Waals surface area contributed by atoms with Crippen molar-refractivity contribution in [1.82, 2.24) is 20.1 Å². The topological polar surface area (TPSA) is 59.8 Å². The van der Waals surface area contributed by atoms with Gasteiger partial charge in [-0.3, -0.25) is 9.78 Å². The van der Waals surface area contributed by atoms with Crippen molar-refractivity contribution in [2.45, 2.75) is 32.2 Å². The Hall–Kier alpha value is -3.02. The van der Waals surface area contributed by atoms with Crippen LogP contribution in [-0.4, -0.2) is 20.7 Å². The van der Waals surface area contributed by atoms with E-state index in [1.54, 1.807) is 41.3 Å². The van der Waals surface area contributed by atoms with Gasteiger partial charge in [-0.2, -0.15) is 5.10 Å². The maximum Gasteiger partial charge on any atom is 0.270 e. The number of carbonyl (C=O) groups excluding carboxylic acids is 1. The second-order valence-corrected chi connectivity index (χ2v) is 6.55. The summed E-state index contributed by atoms with van der Waals surface area (Å²) in [6.07, 6.45) is 5.94. The molecule has 2 aromatic heterocycles. The third-order valence-corrected chi connectivity index (χ3v) is 4.71. The van der Waals surface area contributed by atoms with Crippen molar-refractivity contribution in [1.29, 1.82) is 0 Å². The number of para-hydroxylation sites is 1. The largest absolute Gasteiger partial charge is 0.344 e. The summed E-state index contributed by atoms with van der Waals surface area (Å²) in [7, 11) is 0. The monoisotopic (exact) mass is 350 g/mol. The first-order chi connectivity index (χ1) is 12.6. The Morgan fingerprint density at radius 1 is 1.23 bits per heavy atom. The van der Waals surface area contributed by atoms with Crippen molar-refractivity contribution in [2.24, 2.45) is 0 Å². The van der Waals surface area contributed by atoms with Gasteiger partial charge in [0.15, 0.2) is 0 Å². The van der Waals surface area contributed by atoms with Crippen LogP contribution in [0.25, 0.3) is 5.69 Å². The quantitative estimate of drug-likeness (QED) is 0.786. The summed E-state index contributed by atoms with van der Waals surface area (Å²) in [5, 5.41) is 7.42. The van der Waals surface area contributed by atoms with Gasteiger partial charge in [0.1, 0.15) is 17.2 Å². The molecule has 1 aliphatic rings. The van der Waals surface area contributed by atoms with Crippen molar-refractivity contribution < 1.29 is 9.18 Å². The third-order valence-electron chi connectivity index (χ3n) is 4.71. The summed E-state index contributed by atoms with van der Waals surface area (Å²) >= 11 is 0. The molecule has 0 radical (unpaired) electrons. The third kappa shape index (κ3) is 2.98. The summed E-state index contributed by atoms with van der Waals surface area (Å²) in [5.41, 5.74) is 3.72. The summed E-state index contributed by atoms with van der Waals surface area (Å²) in [5.74, 6) is -0.519. The van der Waals surface area contributed by atoms with E-state index in [1.807, 2.05) is 13.0 Å². The van der Waals surface area contributed by atoms with Crippen LogP contribution in [-0.2, 0) is 6.42 Å². The van der Waals surface area contributed by atoms with Crippen LogP contribution in [0.2, 0.25) is 0 Å². The van der Waals surface area contributed by atoms with Crippen molar-refractivity contribution in [2.75, 3.05) is 0 Å². The van der Waals surface area contributed by atoms with Gasteiger partial charge in [-0.1, -0.05) is 18.2 Å². The zero-order chi connectivity index (χ0) is 18.1. The Kier molecular flexibility index (Phi) is 4.24. The lowest BCUT2D eigenvalue weighted by Gasteiger charge is -2.24. The number of amides is 1. The number of carbonyl (C=O) groups is 1. The maximum atomic E-state index is 14.1. The molecule has 2 heterocycles. The lowest BCUT2D eigenvalue weighted by Crippen LogP contribution is -2.31. The van der Waals surface area contributed by atoms with Crippen molar-refractivity contribution in [3.63, 3.8) is 0 Å². The molecule has 1 unspecified atom stereocenters. The van der Waals surface area contributed by atoms with Crippen molar-refractivity contribution in [3.05, 3.63) is 77.1 Å². The Bertz CT molecular complexity index is 949. The van der Waals surface area contributed by atoms with Gasteiger partial charge in [-0.05, 0) is 49.9 Å². The van der Waals surface area contributed by atoms with Gasteiger partial charge in [0.05, 0.1) is 12.2 Å². The van der Waals surface area contributed by atoms with Crippen LogP contribution in [0.15, 0.2) is 48.8 Å². The number of fused-ring (bicyclic) bond motifs is 1. The SMILES string of the molecule is Cc1ccc(C(=O)NC2CCCc3c2cnn3-c2ccccc2F)nc1. The number of benzene rings is 1. The van der Waals surface area contributed by atoms with Crippen LogP contribution < -0.4 is 5.32 Å². The number of aromatic nitrogens is 3. The highest BCUT2D eigenvalue weighted by atomic mass is 19.1. The fraction of sp³-hybridized carbons (Fsp3) is 0.250. The molecular weight excluding hydrogens is 331 g/mol. The molecule has 5 nitrogen and oxygen atoms in total. The molecule has 4 rings (SSSR count). The molecule has 1 aromatic carbocycles. The minimum atomic E-state index is -0.312. The average molecular weight is 350 g/mol. The number of pyridine rings is 1. The second kappa shape index (κ2) is 6.71. The van der Waals surface area contributed by atoms with Crippen LogP contribution >= 0.6 is 0 Å². The Morgan fingerprint density at radius 2 is 2.08 bits per heavy atom.